The van der Waals surface area contributed by atoms with Crippen LogP contribution in [0.1, 0.15) is 5.56 Å². The molecule has 0 N–H and O–H groups in total. The van der Waals surface area contributed by atoms with Crippen LogP contribution in [0.5, 0.6) is 0 Å². The minimum atomic E-state index is 0.840. The molecule has 0 saturated heterocycles. The minimum absolute atomic E-state index is 0.840. The minimum Gasteiger partial charge on any atom is -0.0967 e. The van der Waals surface area contributed by atoms with Crippen molar-refractivity contribution in [1.82, 2.24) is 0 Å². The standard InChI is InChI=1S/C14H9ClS/c15-14-11-6-2-1-5-10(11)9-16-13-8-4-3-7-12(13)14/h1-9H. The van der Waals surface area contributed by atoms with Gasteiger partial charge < -0.3 is 0 Å². The van der Waals surface area contributed by atoms with Gasteiger partial charge in [-0.3, -0.25) is 0 Å². The number of thioether (sulfide) groups is 1. The molecular formula is C14H9ClS. The van der Waals surface area contributed by atoms with Gasteiger partial charge >= 0.3 is 0 Å². The molecule has 78 valence electrons. The molecule has 0 atom stereocenters. The van der Waals surface area contributed by atoms with Crippen molar-refractivity contribution in [2.45, 2.75) is 4.90 Å². The summed E-state index contributed by atoms with van der Waals surface area (Å²) in [7, 11) is 0. The third-order valence-electron chi connectivity index (χ3n) is 2.63. The lowest BCUT2D eigenvalue weighted by molar-refractivity contribution is 1.41. The quantitative estimate of drug-likeness (QED) is 0.687. The van der Waals surface area contributed by atoms with E-state index in [0.717, 1.165) is 15.8 Å². The molecule has 0 aromatic heterocycles. The van der Waals surface area contributed by atoms with E-state index in [-0.39, 0.29) is 0 Å². The summed E-state index contributed by atoms with van der Waals surface area (Å²) in [6, 6.07) is 16.5. The maximum Gasteiger partial charge on any atom is 0.0568 e. The van der Waals surface area contributed by atoms with Gasteiger partial charge in [0.2, 0.25) is 0 Å². The van der Waals surface area contributed by atoms with Gasteiger partial charge in [-0.1, -0.05) is 65.8 Å². The second kappa shape index (κ2) is 4.00. The van der Waals surface area contributed by atoms with Gasteiger partial charge in [0, 0.05) is 15.7 Å². The van der Waals surface area contributed by atoms with Crippen LogP contribution in [0.3, 0.4) is 0 Å². The normalized spacial score (nSPS) is 13.4. The largest absolute Gasteiger partial charge is 0.0967 e. The Labute approximate surface area is 103 Å². The van der Waals surface area contributed by atoms with Crippen LogP contribution in [0.25, 0.3) is 10.4 Å². The van der Waals surface area contributed by atoms with Crippen LogP contribution in [0.2, 0.25) is 0 Å². The van der Waals surface area contributed by atoms with E-state index in [0.29, 0.717) is 0 Å². The summed E-state index contributed by atoms with van der Waals surface area (Å²) in [6.45, 7) is 0. The molecule has 0 bridgehead atoms. The zero-order chi connectivity index (χ0) is 11.0. The first kappa shape index (κ1) is 10.0. The Balaban J connectivity index is 2.45. The summed E-state index contributed by atoms with van der Waals surface area (Å²) in [5, 5.41) is 5.30. The van der Waals surface area contributed by atoms with Crippen LogP contribution in [-0.2, 0) is 0 Å². The Kier molecular flexibility index (Phi) is 2.50. The van der Waals surface area contributed by atoms with Gasteiger partial charge in [-0.05, 0) is 16.7 Å². The number of benzene rings is 2. The van der Waals surface area contributed by atoms with E-state index in [1.807, 2.05) is 24.3 Å². The van der Waals surface area contributed by atoms with Crippen molar-refractivity contribution in [3.05, 3.63) is 64.5 Å². The summed E-state index contributed by atoms with van der Waals surface area (Å²) < 4.78 is 0. The van der Waals surface area contributed by atoms with Crippen molar-refractivity contribution in [3.8, 4) is 0 Å². The molecule has 0 unspecified atom stereocenters. The first-order chi connectivity index (χ1) is 7.86. The average Bonchev–Trinajstić information content (AvgIpc) is 2.49. The molecule has 3 rings (SSSR count). The first-order valence-corrected chi connectivity index (χ1v) is 6.33. The molecule has 2 heteroatoms. The van der Waals surface area contributed by atoms with Crippen molar-refractivity contribution in [3.63, 3.8) is 0 Å². The Morgan fingerprint density at radius 3 is 2.56 bits per heavy atom. The van der Waals surface area contributed by atoms with Crippen molar-refractivity contribution in [2.75, 3.05) is 0 Å². The lowest BCUT2D eigenvalue weighted by atomic mass is 10.1. The molecule has 2 aromatic carbocycles. The molecule has 0 spiro atoms. The molecule has 16 heavy (non-hydrogen) atoms. The van der Waals surface area contributed by atoms with E-state index >= 15 is 0 Å². The van der Waals surface area contributed by atoms with Gasteiger partial charge in [0.1, 0.15) is 0 Å². The van der Waals surface area contributed by atoms with Gasteiger partial charge in [-0.25, -0.2) is 0 Å². The lowest BCUT2D eigenvalue weighted by Crippen LogP contribution is -2.24. The van der Waals surface area contributed by atoms with Crippen LogP contribution >= 0.6 is 23.4 Å². The molecular weight excluding hydrogens is 236 g/mol. The van der Waals surface area contributed by atoms with Crippen LogP contribution < -0.4 is 10.4 Å². The maximum atomic E-state index is 6.47. The fourth-order valence-electron chi connectivity index (χ4n) is 1.82. The topological polar surface area (TPSA) is 0 Å². The summed E-state index contributed by atoms with van der Waals surface area (Å²) in [6.07, 6.45) is 0. The fraction of sp³-hybridized carbons (Fsp3) is 0. The molecule has 2 aromatic rings. The SMILES string of the molecule is ClC1=c2ccccc2=CSc2ccccc21. The highest BCUT2D eigenvalue weighted by atomic mass is 35.5. The van der Waals surface area contributed by atoms with E-state index in [4.69, 9.17) is 11.6 Å². The second-order valence-electron chi connectivity index (χ2n) is 3.63. The number of hydrogen-bond acceptors (Lipinski definition) is 1. The third-order valence-corrected chi connectivity index (χ3v) is 4.02. The van der Waals surface area contributed by atoms with Crippen molar-refractivity contribution in [2.24, 2.45) is 0 Å². The van der Waals surface area contributed by atoms with Crippen LogP contribution in [0.4, 0.5) is 0 Å². The van der Waals surface area contributed by atoms with Gasteiger partial charge in [0.25, 0.3) is 0 Å². The van der Waals surface area contributed by atoms with E-state index in [1.165, 1.54) is 10.1 Å². The smallest absolute Gasteiger partial charge is 0.0568 e. The van der Waals surface area contributed by atoms with Gasteiger partial charge in [0.15, 0.2) is 0 Å². The molecule has 0 nitrogen and oxygen atoms in total. The first-order valence-electron chi connectivity index (χ1n) is 5.07. The van der Waals surface area contributed by atoms with Crippen molar-refractivity contribution < 1.29 is 0 Å². The molecule has 0 radical (unpaired) electrons. The summed E-state index contributed by atoms with van der Waals surface area (Å²) >= 11 is 8.19. The van der Waals surface area contributed by atoms with Crippen LogP contribution in [-0.4, -0.2) is 0 Å². The van der Waals surface area contributed by atoms with Gasteiger partial charge in [-0.15, -0.1) is 0 Å². The zero-order valence-electron chi connectivity index (χ0n) is 8.48. The maximum absolute atomic E-state index is 6.47. The number of fused-ring (bicyclic) bond motifs is 2. The highest BCUT2D eigenvalue weighted by Crippen LogP contribution is 2.30. The number of hydrogen-bond donors (Lipinski definition) is 0. The Bertz CT molecular complexity index is 658. The van der Waals surface area contributed by atoms with E-state index < -0.39 is 0 Å². The van der Waals surface area contributed by atoms with Gasteiger partial charge in [0.05, 0.1) is 5.03 Å². The summed E-state index contributed by atoms with van der Waals surface area (Å²) in [4.78, 5) is 1.21. The summed E-state index contributed by atoms with van der Waals surface area (Å²) in [5.74, 6) is 0. The number of halogens is 1. The number of rotatable bonds is 0. The van der Waals surface area contributed by atoms with Gasteiger partial charge in [-0.2, -0.15) is 0 Å². The second-order valence-corrected chi connectivity index (χ2v) is 4.92. The highest BCUT2D eigenvalue weighted by Gasteiger charge is 2.08. The third kappa shape index (κ3) is 1.57. The lowest BCUT2D eigenvalue weighted by Gasteiger charge is -2.03. The van der Waals surface area contributed by atoms with Crippen molar-refractivity contribution in [1.29, 1.82) is 0 Å². The molecule has 0 saturated carbocycles. The fourth-order valence-corrected chi connectivity index (χ4v) is 3.13. The predicted octanol–water partition coefficient (Wildman–Crippen LogP) is 2.93. The Morgan fingerprint density at radius 1 is 0.875 bits per heavy atom. The molecule has 0 fully saturated rings. The van der Waals surface area contributed by atoms with E-state index in [9.17, 15) is 0 Å². The van der Waals surface area contributed by atoms with Crippen LogP contribution in [0.15, 0.2) is 53.4 Å². The predicted molar refractivity (Wildman–Crippen MR) is 70.8 cm³/mol. The average molecular weight is 245 g/mol. The summed E-state index contributed by atoms with van der Waals surface area (Å²) in [5.41, 5.74) is 1.12. The van der Waals surface area contributed by atoms with Crippen molar-refractivity contribution >= 4 is 33.8 Å². The highest BCUT2D eigenvalue weighted by molar-refractivity contribution is 8.06. The molecule has 1 aliphatic heterocycles. The Morgan fingerprint density at radius 2 is 1.62 bits per heavy atom. The van der Waals surface area contributed by atoms with E-state index in [2.05, 4.69) is 29.7 Å². The van der Waals surface area contributed by atoms with E-state index in [1.54, 1.807) is 11.8 Å². The molecule has 0 aliphatic carbocycles. The Hall–Kier alpha value is -1.18. The monoisotopic (exact) mass is 244 g/mol. The molecule has 1 aliphatic rings. The molecule has 0 amide bonds. The van der Waals surface area contributed by atoms with Crippen LogP contribution in [0, 0.1) is 0 Å². The zero-order valence-corrected chi connectivity index (χ0v) is 10.1. The molecule has 1 heterocycles.